The summed E-state index contributed by atoms with van der Waals surface area (Å²) in [7, 11) is 1.69. The Morgan fingerprint density at radius 3 is 2.55 bits per heavy atom. The van der Waals surface area contributed by atoms with Gasteiger partial charge in [0, 0.05) is 26.7 Å². The number of likely N-dealkylation sites (N-methyl/N-ethyl adjacent to an activating group) is 1. The van der Waals surface area contributed by atoms with E-state index in [0.717, 1.165) is 4.90 Å². The molecule has 1 rings (SSSR count). The normalized spacial score (nSPS) is 17.9. The van der Waals surface area contributed by atoms with Crippen molar-refractivity contribution in [2.75, 3.05) is 33.2 Å². The number of hydrogen-bond donors (Lipinski definition) is 1. The summed E-state index contributed by atoms with van der Waals surface area (Å²) in [6, 6.07) is -0.459. The highest BCUT2D eigenvalue weighted by Gasteiger charge is 2.44. The number of carbonyl (C=O) groups excluding carboxylic acids is 2. The number of hydrogen-bond acceptors (Lipinski definition) is 3. The summed E-state index contributed by atoms with van der Waals surface area (Å²) in [4.78, 5) is 39.6. The molecule has 0 atom stereocenters. The van der Waals surface area contributed by atoms with Crippen LogP contribution in [0.25, 0.3) is 0 Å². The molecule has 7 heteroatoms. The summed E-state index contributed by atoms with van der Waals surface area (Å²) in [6.07, 6.45) is 1.46. The second kappa shape index (κ2) is 5.94. The maximum absolute atomic E-state index is 12.5. The van der Waals surface area contributed by atoms with Gasteiger partial charge in [0.15, 0.2) is 0 Å². The van der Waals surface area contributed by atoms with Crippen LogP contribution in [0.4, 0.5) is 4.79 Å². The third kappa shape index (κ3) is 3.09. The Balaban J connectivity index is 2.95. The zero-order valence-corrected chi connectivity index (χ0v) is 12.1. The molecule has 0 aromatic carbocycles. The lowest BCUT2D eigenvalue weighted by molar-refractivity contribution is -0.144. The van der Waals surface area contributed by atoms with Gasteiger partial charge in [0.1, 0.15) is 12.1 Å². The summed E-state index contributed by atoms with van der Waals surface area (Å²) >= 11 is 0. The van der Waals surface area contributed by atoms with E-state index in [2.05, 4.69) is 6.58 Å². The van der Waals surface area contributed by atoms with Crippen LogP contribution in [-0.2, 0) is 9.59 Å². The van der Waals surface area contributed by atoms with Crippen molar-refractivity contribution >= 4 is 17.9 Å². The fourth-order valence-corrected chi connectivity index (χ4v) is 2.25. The lowest BCUT2D eigenvalue weighted by Gasteiger charge is -2.46. The molecule has 0 aromatic heterocycles. The predicted molar refractivity (Wildman–Crippen MR) is 73.2 cm³/mol. The zero-order chi connectivity index (χ0) is 15.5. The van der Waals surface area contributed by atoms with Crippen molar-refractivity contribution in [3.05, 3.63) is 12.7 Å². The van der Waals surface area contributed by atoms with Crippen molar-refractivity contribution < 1.29 is 19.5 Å². The number of carboxylic acid groups (broad SMARTS) is 1. The van der Waals surface area contributed by atoms with Gasteiger partial charge in [0.05, 0.1) is 0 Å². The van der Waals surface area contributed by atoms with Gasteiger partial charge in [-0.3, -0.25) is 9.59 Å². The first-order valence-corrected chi connectivity index (χ1v) is 6.36. The second-order valence-electron chi connectivity index (χ2n) is 5.28. The molecule has 1 aliphatic rings. The van der Waals surface area contributed by atoms with E-state index in [1.807, 2.05) is 0 Å². The maximum atomic E-state index is 12.5. The highest BCUT2D eigenvalue weighted by Crippen LogP contribution is 2.23. The average molecular weight is 283 g/mol. The Morgan fingerprint density at radius 2 is 2.05 bits per heavy atom. The van der Waals surface area contributed by atoms with E-state index in [9.17, 15) is 14.4 Å². The molecule has 1 fully saturated rings. The van der Waals surface area contributed by atoms with E-state index >= 15 is 0 Å². The fourth-order valence-electron chi connectivity index (χ4n) is 2.25. The monoisotopic (exact) mass is 283 g/mol. The van der Waals surface area contributed by atoms with Gasteiger partial charge < -0.3 is 19.8 Å². The molecular formula is C13H21N3O4. The SMILES string of the molecule is C=CCN(CC(=O)O)C(=O)N1CCN(C)C(=O)C1(C)C. The molecular weight excluding hydrogens is 262 g/mol. The van der Waals surface area contributed by atoms with Crippen molar-refractivity contribution in [2.45, 2.75) is 19.4 Å². The lowest BCUT2D eigenvalue weighted by atomic mass is 9.98. The Bertz CT molecular complexity index is 433. The second-order valence-corrected chi connectivity index (χ2v) is 5.28. The van der Waals surface area contributed by atoms with E-state index in [1.165, 1.54) is 11.0 Å². The van der Waals surface area contributed by atoms with E-state index in [1.54, 1.807) is 25.8 Å². The van der Waals surface area contributed by atoms with Gasteiger partial charge in [-0.15, -0.1) is 6.58 Å². The molecule has 112 valence electrons. The molecule has 3 amide bonds. The van der Waals surface area contributed by atoms with Crippen molar-refractivity contribution in [1.29, 1.82) is 0 Å². The molecule has 1 saturated heterocycles. The van der Waals surface area contributed by atoms with Gasteiger partial charge in [-0.2, -0.15) is 0 Å². The lowest BCUT2D eigenvalue weighted by Crippen LogP contribution is -2.65. The van der Waals surface area contributed by atoms with Crippen molar-refractivity contribution in [1.82, 2.24) is 14.7 Å². The molecule has 0 bridgehead atoms. The first-order valence-electron chi connectivity index (χ1n) is 6.36. The number of amides is 3. The summed E-state index contributed by atoms with van der Waals surface area (Å²) in [5.41, 5.74) is -0.984. The standard InChI is InChI=1S/C13H21N3O4/c1-5-6-15(9-10(17)18)12(20)16-8-7-14(4)11(19)13(16,2)3/h5H,1,6-9H2,2-4H3,(H,17,18). The summed E-state index contributed by atoms with van der Waals surface area (Å²) < 4.78 is 0. The Kier molecular flexibility index (Phi) is 4.75. The summed E-state index contributed by atoms with van der Waals surface area (Å²) in [5.74, 6) is -1.26. The third-order valence-corrected chi connectivity index (χ3v) is 3.38. The number of aliphatic carboxylic acids is 1. The predicted octanol–water partition coefficient (Wildman–Crippen LogP) is 0.232. The molecule has 1 N–H and O–H groups in total. The fraction of sp³-hybridized carbons (Fsp3) is 0.615. The Labute approximate surface area is 118 Å². The van der Waals surface area contributed by atoms with Crippen LogP contribution < -0.4 is 0 Å². The van der Waals surface area contributed by atoms with Crippen molar-refractivity contribution in [3.63, 3.8) is 0 Å². The van der Waals surface area contributed by atoms with Crippen LogP contribution in [0.5, 0.6) is 0 Å². The van der Waals surface area contributed by atoms with E-state index in [-0.39, 0.29) is 12.5 Å². The highest BCUT2D eigenvalue weighted by atomic mass is 16.4. The van der Waals surface area contributed by atoms with Crippen molar-refractivity contribution in [3.8, 4) is 0 Å². The Morgan fingerprint density at radius 1 is 1.45 bits per heavy atom. The molecule has 1 aliphatic heterocycles. The van der Waals surface area contributed by atoms with E-state index in [4.69, 9.17) is 5.11 Å². The minimum absolute atomic E-state index is 0.127. The van der Waals surface area contributed by atoms with Gasteiger partial charge in [-0.25, -0.2) is 4.79 Å². The largest absolute Gasteiger partial charge is 0.480 e. The Hall–Kier alpha value is -2.05. The molecule has 7 nitrogen and oxygen atoms in total. The van der Waals surface area contributed by atoms with Gasteiger partial charge >= 0.3 is 12.0 Å². The molecule has 20 heavy (non-hydrogen) atoms. The minimum Gasteiger partial charge on any atom is -0.480 e. The topological polar surface area (TPSA) is 81.2 Å². The highest BCUT2D eigenvalue weighted by molar-refractivity contribution is 5.92. The van der Waals surface area contributed by atoms with Crippen LogP contribution in [-0.4, -0.2) is 76.5 Å². The number of piperazine rings is 1. The molecule has 0 aliphatic carbocycles. The van der Waals surface area contributed by atoms with Crippen LogP contribution in [0, 0.1) is 0 Å². The quantitative estimate of drug-likeness (QED) is 0.749. The van der Waals surface area contributed by atoms with Crippen LogP contribution in [0.2, 0.25) is 0 Å². The molecule has 0 saturated carbocycles. The number of nitrogens with zero attached hydrogens (tertiary/aromatic N) is 3. The van der Waals surface area contributed by atoms with Crippen LogP contribution >= 0.6 is 0 Å². The van der Waals surface area contributed by atoms with E-state index < -0.39 is 24.1 Å². The summed E-state index contributed by atoms with van der Waals surface area (Å²) in [6.45, 7) is 7.36. The zero-order valence-electron chi connectivity index (χ0n) is 12.1. The van der Waals surface area contributed by atoms with Crippen LogP contribution in [0.1, 0.15) is 13.8 Å². The van der Waals surface area contributed by atoms with Crippen LogP contribution in [0.15, 0.2) is 12.7 Å². The average Bonchev–Trinajstić information content (AvgIpc) is 2.34. The number of carboxylic acids is 1. The molecule has 0 unspecified atom stereocenters. The molecule has 1 heterocycles. The smallest absolute Gasteiger partial charge is 0.323 e. The maximum Gasteiger partial charge on any atom is 0.323 e. The van der Waals surface area contributed by atoms with Crippen LogP contribution in [0.3, 0.4) is 0 Å². The first-order chi connectivity index (χ1) is 9.21. The van der Waals surface area contributed by atoms with Gasteiger partial charge in [-0.1, -0.05) is 6.08 Å². The molecule has 0 spiro atoms. The third-order valence-electron chi connectivity index (χ3n) is 3.38. The summed E-state index contributed by atoms with van der Waals surface area (Å²) in [5, 5.41) is 8.86. The minimum atomic E-state index is -1.10. The van der Waals surface area contributed by atoms with Gasteiger partial charge in [-0.05, 0) is 13.8 Å². The van der Waals surface area contributed by atoms with E-state index in [0.29, 0.717) is 13.1 Å². The molecule has 0 aromatic rings. The molecule has 0 radical (unpaired) electrons. The van der Waals surface area contributed by atoms with Gasteiger partial charge in [0.2, 0.25) is 5.91 Å². The first kappa shape index (κ1) is 16.0. The van der Waals surface area contributed by atoms with Crippen molar-refractivity contribution in [2.24, 2.45) is 0 Å². The number of urea groups is 1. The van der Waals surface area contributed by atoms with Gasteiger partial charge in [0.25, 0.3) is 0 Å². The number of carbonyl (C=O) groups is 3. The number of rotatable bonds is 4.